The average Bonchev–Trinajstić information content (AvgIpc) is 2.78. The number of rotatable bonds is 1. The maximum absolute atomic E-state index is 6.10. The lowest BCUT2D eigenvalue weighted by molar-refractivity contribution is 0.0695. The number of nitrogens with two attached hydrogens (primary N) is 1. The van der Waals surface area contributed by atoms with Gasteiger partial charge in [0.15, 0.2) is 0 Å². The van der Waals surface area contributed by atoms with Crippen molar-refractivity contribution in [1.82, 2.24) is 14.9 Å². The van der Waals surface area contributed by atoms with Crippen LogP contribution in [0, 0.1) is 0 Å². The molecule has 3 aliphatic rings. The summed E-state index contributed by atoms with van der Waals surface area (Å²) < 4.78 is 0. The third-order valence-electron chi connectivity index (χ3n) is 3.42. The van der Waals surface area contributed by atoms with Crippen molar-refractivity contribution < 1.29 is 0 Å². The Morgan fingerprint density at radius 1 is 0.929 bits per heavy atom. The molecular weight excluding hydrogens is 176 g/mol. The van der Waals surface area contributed by atoms with Crippen LogP contribution in [0.4, 0.5) is 0 Å². The van der Waals surface area contributed by atoms with Crippen LogP contribution in [-0.2, 0) is 0 Å². The molecule has 14 heavy (non-hydrogen) atoms. The molecule has 0 radical (unpaired) electrons. The maximum atomic E-state index is 6.10. The van der Waals surface area contributed by atoms with E-state index in [1.807, 2.05) is 0 Å². The average molecular weight is 194 g/mol. The van der Waals surface area contributed by atoms with Crippen LogP contribution in [0.1, 0.15) is 19.3 Å². The lowest BCUT2D eigenvalue weighted by Crippen LogP contribution is -2.36. The predicted molar refractivity (Wildman–Crippen MR) is 54.9 cm³/mol. The van der Waals surface area contributed by atoms with Gasteiger partial charge in [-0.05, 0) is 19.3 Å². The summed E-state index contributed by atoms with van der Waals surface area (Å²) in [5, 5.41) is 4.77. The van der Waals surface area contributed by atoms with Crippen LogP contribution in [0.25, 0.3) is 0 Å². The summed E-state index contributed by atoms with van der Waals surface area (Å²) in [6, 6.07) is 0. The van der Waals surface area contributed by atoms with Crippen LogP contribution in [-0.4, -0.2) is 47.6 Å². The summed E-state index contributed by atoms with van der Waals surface area (Å²) in [5.41, 5.74) is 7.18. The van der Waals surface area contributed by atoms with E-state index < -0.39 is 0 Å². The van der Waals surface area contributed by atoms with Gasteiger partial charge in [-0.3, -0.25) is 5.01 Å². The van der Waals surface area contributed by atoms with Crippen LogP contribution in [0.3, 0.4) is 0 Å². The molecule has 2 N–H and O–H groups in total. The first-order valence-electron chi connectivity index (χ1n) is 5.62. The fraction of sp³-hybridized carbons (Fsp3) is 0.800. The summed E-state index contributed by atoms with van der Waals surface area (Å²) in [7, 11) is 0. The molecule has 2 fully saturated rings. The van der Waals surface area contributed by atoms with Crippen molar-refractivity contribution in [2.75, 3.05) is 32.7 Å². The largest absolute Gasteiger partial charge is 0.398 e. The van der Waals surface area contributed by atoms with Gasteiger partial charge < -0.3 is 10.6 Å². The van der Waals surface area contributed by atoms with Crippen molar-refractivity contribution in [3.05, 3.63) is 11.5 Å². The van der Waals surface area contributed by atoms with E-state index >= 15 is 0 Å². The minimum absolute atomic E-state index is 0.950. The van der Waals surface area contributed by atoms with Crippen molar-refractivity contribution >= 4 is 0 Å². The predicted octanol–water partition coefficient (Wildman–Crippen LogP) is 0.146. The normalized spacial score (nSPS) is 28.0. The highest BCUT2D eigenvalue weighted by Gasteiger charge is 2.35. The number of hydrogen-bond donors (Lipinski definition) is 1. The number of nitrogens with zero attached hydrogens (tertiary/aromatic N) is 3. The molecule has 0 atom stereocenters. The third-order valence-corrected chi connectivity index (χ3v) is 3.42. The molecule has 0 saturated carbocycles. The lowest BCUT2D eigenvalue weighted by Gasteiger charge is -2.30. The number of hydrazine groups is 1. The molecule has 3 aliphatic heterocycles. The highest BCUT2D eigenvalue weighted by atomic mass is 15.7. The van der Waals surface area contributed by atoms with Gasteiger partial charge in [0.2, 0.25) is 0 Å². The second-order valence-electron chi connectivity index (χ2n) is 4.41. The van der Waals surface area contributed by atoms with Crippen molar-refractivity contribution in [3.63, 3.8) is 0 Å². The van der Waals surface area contributed by atoms with Gasteiger partial charge in [0.1, 0.15) is 5.82 Å². The molecule has 0 aromatic carbocycles. The lowest BCUT2D eigenvalue weighted by atomic mass is 10.3. The molecule has 0 spiro atoms. The molecule has 0 aromatic rings. The van der Waals surface area contributed by atoms with E-state index in [-0.39, 0.29) is 0 Å². The molecular formula is C10H18N4. The fourth-order valence-electron chi connectivity index (χ4n) is 2.80. The first-order valence-corrected chi connectivity index (χ1v) is 5.62. The zero-order chi connectivity index (χ0) is 9.54. The molecule has 0 unspecified atom stereocenters. The van der Waals surface area contributed by atoms with Crippen molar-refractivity contribution in [2.24, 2.45) is 5.73 Å². The summed E-state index contributed by atoms with van der Waals surface area (Å²) in [5.74, 6) is 1.32. The Morgan fingerprint density at radius 3 is 2.50 bits per heavy atom. The van der Waals surface area contributed by atoms with Crippen LogP contribution in [0.2, 0.25) is 0 Å². The Bertz CT molecular complexity index is 267. The molecule has 0 bridgehead atoms. The van der Waals surface area contributed by atoms with E-state index in [2.05, 4.69) is 14.9 Å². The third kappa shape index (κ3) is 1.10. The first-order chi connectivity index (χ1) is 6.86. The van der Waals surface area contributed by atoms with Gasteiger partial charge in [0, 0.05) is 26.2 Å². The van der Waals surface area contributed by atoms with Crippen LogP contribution < -0.4 is 5.73 Å². The highest BCUT2D eigenvalue weighted by Crippen LogP contribution is 2.29. The van der Waals surface area contributed by atoms with Gasteiger partial charge in [-0.25, -0.2) is 5.01 Å². The van der Waals surface area contributed by atoms with Crippen LogP contribution in [0.5, 0.6) is 0 Å². The molecule has 3 heterocycles. The highest BCUT2D eigenvalue weighted by molar-refractivity contribution is 5.17. The quantitative estimate of drug-likeness (QED) is 0.644. The number of likely N-dealkylation sites (tertiary alicyclic amines) is 1. The van der Waals surface area contributed by atoms with E-state index in [1.54, 1.807) is 0 Å². The molecule has 78 valence electrons. The van der Waals surface area contributed by atoms with Gasteiger partial charge in [0.05, 0.1) is 12.2 Å². The maximum Gasteiger partial charge on any atom is 0.139 e. The zero-order valence-electron chi connectivity index (χ0n) is 8.58. The minimum atomic E-state index is 0.950. The Kier molecular flexibility index (Phi) is 1.83. The number of fused-ring (bicyclic) bond motifs is 1. The van der Waals surface area contributed by atoms with E-state index in [1.165, 1.54) is 44.7 Å². The van der Waals surface area contributed by atoms with E-state index in [9.17, 15) is 0 Å². The monoisotopic (exact) mass is 194 g/mol. The second kappa shape index (κ2) is 3.05. The van der Waals surface area contributed by atoms with Gasteiger partial charge in [-0.1, -0.05) is 0 Å². The van der Waals surface area contributed by atoms with E-state index in [0.717, 1.165) is 18.8 Å². The van der Waals surface area contributed by atoms with Crippen LogP contribution in [0.15, 0.2) is 11.5 Å². The van der Waals surface area contributed by atoms with E-state index in [4.69, 9.17) is 5.73 Å². The molecule has 4 heteroatoms. The Morgan fingerprint density at radius 2 is 1.71 bits per heavy atom. The molecule has 0 amide bonds. The first kappa shape index (κ1) is 8.41. The zero-order valence-corrected chi connectivity index (χ0v) is 8.58. The number of hydrogen-bond acceptors (Lipinski definition) is 4. The molecule has 3 rings (SSSR count). The van der Waals surface area contributed by atoms with Crippen molar-refractivity contribution in [1.29, 1.82) is 0 Å². The van der Waals surface area contributed by atoms with Gasteiger partial charge in [-0.15, -0.1) is 0 Å². The molecule has 2 saturated heterocycles. The standard InChI is InChI=1S/C10H18N4/c11-9-8-13-6-3-7-14(13)10(9)12-4-1-2-5-12/h1-8,11H2. The van der Waals surface area contributed by atoms with Crippen molar-refractivity contribution in [3.8, 4) is 0 Å². The minimum Gasteiger partial charge on any atom is -0.398 e. The van der Waals surface area contributed by atoms with E-state index in [0.29, 0.717) is 0 Å². The summed E-state index contributed by atoms with van der Waals surface area (Å²) in [6.07, 6.45) is 3.93. The fourth-order valence-corrected chi connectivity index (χ4v) is 2.80. The second-order valence-corrected chi connectivity index (χ2v) is 4.41. The van der Waals surface area contributed by atoms with Gasteiger partial charge >= 0.3 is 0 Å². The molecule has 0 aromatic heterocycles. The smallest absolute Gasteiger partial charge is 0.139 e. The Hall–Kier alpha value is -0.900. The Labute approximate surface area is 84.9 Å². The topological polar surface area (TPSA) is 35.7 Å². The van der Waals surface area contributed by atoms with Gasteiger partial charge in [0.25, 0.3) is 0 Å². The summed E-state index contributed by atoms with van der Waals surface area (Å²) in [4.78, 5) is 2.46. The van der Waals surface area contributed by atoms with Gasteiger partial charge in [-0.2, -0.15) is 0 Å². The summed E-state index contributed by atoms with van der Waals surface area (Å²) in [6.45, 7) is 5.68. The van der Waals surface area contributed by atoms with Crippen molar-refractivity contribution in [2.45, 2.75) is 19.3 Å². The molecule has 0 aliphatic carbocycles. The SMILES string of the molecule is NC1=C(N2CCCC2)N2CCCN2C1. The Balaban J connectivity index is 1.84. The van der Waals surface area contributed by atoms with Crippen LogP contribution >= 0.6 is 0 Å². The summed E-state index contributed by atoms with van der Waals surface area (Å²) >= 11 is 0. The molecule has 4 nitrogen and oxygen atoms in total.